The molecular weight excluding hydrogens is 379 g/mol. The Bertz CT molecular complexity index is 972. The Balaban J connectivity index is 0.000000706. The molecule has 1 N–H and O–H groups in total. The predicted molar refractivity (Wildman–Crippen MR) is 109 cm³/mol. The maximum Gasteiger partial charge on any atom is 0.290 e. The number of imidazole rings is 1. The van der Waals surface area contributed by atoms with Crippen LogP contribution in [-0.2, 0) is 6.42 Å². The van der Waals surface area contributed by atoms with Crippen molar-refractivity contribution in [2.24, 2.45) is 0 Å². The van der Waals surface area contributed by atoms with Gasteiger partial charge >= 0.3 is 0 Å². The van der Waals surface area contributed by atoms with Crippen molar-refractivity contribution in [2.75, 3.05) is 6.54 Å². The summed E-state index contributed by atoms with van der Waals surface area (Å²) in [6.07, 6.45) is 2.31. The minimum Gasteiger partial charge on any atom is -0.334 e. The van der Waals surface area contributed by atoms with E-state index in [1.165, 1.54) is 18.2 Å². The van der Waals surface area contributed by atoms with Crippen molar-refractivity contribution in [3.63, 3.8) is 0 Å². The molecule has 1 aliphatic heterocycles. The smallest absolute Gasteiger partial charge is 0.290 e. The van der Waals surface area contributed by atoms with Gasteiger partial charge in [0.1, 0.15) is 11.7 Å². The molecule has 0 fully saturated rings. The van der Waals surface area contributed by atoms with E-state index in [2.05, 4.69) is 28.8 Å². The lowest BCUT2D eigenvalue weighted by molar-refractivity contribution is 0.0534. The van der Waals surface area contributed by atoms with Gasteiger partial charge in [-0.1, -0.05) is 44.0 Å². The minimum atomic E-state index is -1.22. The molecule has 0 saturated carbocycles. The first-order valence-electron chi connectivity index (χ1n) is 9.50. The number of nitrogens with zero attached hydrogens (tertiary/aromatic N) is 3. The van der Waals surface area contributed by atoms with E-state index in [0.29, 0.717) is 29.0 Å². The third kappa shape index (κ3) is 3.87. The first kappa shape index (κ1) is 20.3. The van der Waals surface area contributed by atoms with Crippen LogP contribution in [-0.4, -0.2) is 38.5 Å². The number of H-pyrrole nitrogens is 1. The van der Waals surface area contributed by atoms with Crippen LogP contribution in [0.3, 0.4) is 0 Å². The van der Waals surface area contributed by atoms with Gasteiger partial charge in [0.15, 0.2) is 5.82 Å². The van der Waals surface area contributed by atoms with Crippen molar-refractivity contribution in [3.05, 3.63) is 58.6 Å². The zero-order valence-corrected chi connectivity index (χ0v) is 17.0. The number of hydrogen-bond acceptors (Lipinski definition) is 3. The van der Waals surface area contributed by atoms with E-state index in [0.717, 1.165) is 11.3 Å². The zero-order chi connectivity index (χ0) is 20.3. The Hall–Kier alpha value is -2.47. The van der Waals surface area contributed by atoms with Crippen molar-refractivity contribution in [1.82, 2.24) is 19.9 Å². The van der Waals surface area contributed by atoms with E-state index in [1.54, 1.807) is 30.5 Å². The highest BCUT2D eigenvalue weighted by Crippen LogP contribution is 2.33. The Morgan fingerprint density at radius 3 is 2.79 bits per heavy atom. The molecule has 0 spiro atoms. The van der Waals surface area contributed by atoms with Crippen molar-refractivity contribution < 1.29 is 9.18 Å². The molecule has 1 aliphatic rings. The molecule has 3 heterocycles. The minimum absolute atomic E-state index is 0.168. The lowest BCUT2D eigenvalue weighted by Crippen LogP contribution is -2.44. The van der Waals surface area contributed by atoms with Crippen LogP contribution in [0.2, 0.25) is 5.02 Å². The second kappa shape index (κ2) is 8.69. The average Bonchev–Trinajstić information content (AvgIpc) is 3.12. The molecule has 0 aliphatic carbocycles. The second-order valence-corrected chi connectivity index (χ2v) is 7.25. The highest BCUT2D eigenvalue weighted by atomic mass is 35.5. The van der Waals surface area contributed by atoms with Gasteiger partial charge in [0.2, 0.25) is 0 Å². The average molecular weight is 403 g/mol. The van der Waals surface area contributed by atoms with Gasteiger partial charge in [0, 0.05) is 24.9 Å². The topological polar surface area (TPSA) is 61.9 Å². The van der Waals surface area contributed by atoms with Gasteiger partial charge in [-0.3, -0.25) is 9.78 Å². The van der Waals surface area contributed by atoms with Gasteiger partial charge in [0.25, 0.3) is 5.91 Å². The Labute approximate surface area is 168 Å². The third-order valence-electron chi connectivity index (χ3n) is 4.53. The summed E-state index contributed by atoms with van der Waals surface area (Å²) < 4.78 is 14.4. The van der Waals surface area contributed by atoms with Gasteiger partial charge in [-0.2, -0.15) is 0 Å². The normalized spacial score (nSPS) is 16.9. The first-order chi connectivity index (χ1) is 13.5. The lowest BCUT2D eigenvalue weighted by atomic mass is 9.94. The molecule has 1 unspecified atom stereocenters. The van der Waals surface area contributed by atoms with Gasteiger partial charge in [0.05, 0.1) is 16.6 Å². The molecule has 0 bridgehead atoms. The number of para-hydroxylation sites is 1. The Morgan fingerprint density at radius 1 is 1.36 bits per heavy atom. The molecule has 3 aromatic rings. The first-order valence-corrected chi connectivity index (χ1v) is 9.88. The fourth-order valence-electron chi connectivity index (χ4n) is 3.42. The monoisotopic (exact) mass is 402 g/mol. The molecule has 2 atom stereocenters. The molecule has 2 aromatic heterocycles. The summed E-state index contributed by atoms with van der Waals surface area (Å²) in [4.78, 5) is 26.2. The molecule has 0 radical (unpaired) electrons. The van der Waals surface area contributed by atoms with E-state index in [-0.39, 0.29) is 11.7 Å². The van der Waals surface area contributed by atoms with Crippen LogP contribution in [0.5, 0.6) is 0 Å². The predicted octanol–water partition coefficient (Wildman–Crippen LogP) is 5.13. The number of carbonyl (C=O) groups is 1. The molecule has 4 rings (SSSR count). The van der Waals surface area contributed by atoms with E-state index >= 15 is 0 Å². The summed E-state index contributed by atoms with van der Waals surface area (Å²) in [5.41, 5.74) is 2.82. The number of nitrogens with one attached hydrogen (secondary N) is 1. The molecule has 7 heteroatoms. The number of aromatic amines is 1. The van der Waals surface area contributed by atoms with Crippen LogP contribution in [0.1, 0.15) is 55.1 Å². The van der Waals surface area contributed by atoms with Crippen LogP contribution < -0.4 is 0 Å². The number of halogens is 2. The molecular formula is C21H24ClFN4O. The largest absolute Gasteiger partial charge is 0.334 e. The number of aromatic nitrogens is 3. The van der Waals surface area contributed by atoms with Gasteiger partial charge < -0.3 is 9.88 Å². The number of benzene rings is 1. The number of carbonyl (C=O) groups excluding carboxylic acids is 1. The standard InChI is InChI=1S/C18H16ClFN4O.C3H8/c1-10(20)16-11-4-3-8-21-13(11)7-9-24(16)18(25)17-22-14-6-2-5-12(19)15(14)23-17;1-3-2/h2-6,8,10,16H,7,9H2,1H3,(H,22,23);3H2,1-2H3/t10?,16-;/m1./s1. The maximum absolute atomic E-state index is 14.4. The molecule has 5 nitrogen and oxygen atoms in total. The van der Waals surface area contributed by atoms with Gasteiger partial charge in [-0.05, 0) is 30.7 Å². The van der Waals surface area contributed by atoms with E-state index in [1.807, 2.05) is 6.07 Å². The maximum atomic E-state index is 14.4. The van der Waals surface area contributed by atoms with Gasteiger partial charge in [-0.15, -0.1) is 0 Å². The fourth-order valence-corrected chi connectivity index (χ4v) is 3.64. The SMILES string of the molecule is CC(F)[C@@H]1c2cccnc2CCN1C(=O)c1nc2c(Cl)cccc2[nH]1.CCC. The van der Waals surface area contributed by atoms with Crippen molar-refractivity contribution in [1.29, 1.82) is 0 Å². The van der Waals surface area contributed by atoms with Crippen molar-refractivity contribution in [3.8, 4) is 0 Å². The Morgan fingerprint density at radius 2 is 2.11 bits per heavy atom. The zero-order valence-electron chi connectivity index (χ0n) is 16.2. The third-order valence-corrected chi connectivity index (χ3v) is 4.84. The van der Waals surface area contributed by atoms with E-state index < -0.39 is 12.2 Å². The van der Waals surface area contributed by atoms with Crippen LogP contribution >= 0.6 is 11.6 Å². The summed E-state index contributed by atoms with van der Waals surface area (Å²) in [6.45, 7) is 6.11. The molecule has 1 aromatic carbocycles. The van der Waals surface area contributed by atoms with E-state index in [9.17, 15) is 9.18 Å². The number of rotatable bonds is 2. The van der Waals surface area contributed by atoms with Crippen molar-refractivity contribution in [2.45, 2.75) is 45.8 Å². The summed E-state index contributed by atoms with van der Waals surface area (Å²) in [5, 5.41) is 0.469. The van der Waals surface area contributed by atoms with Crippen LogP contribution in [0.4, 0.5) is 4.39 Å². The molecule has 1 amide bonds. The van der Waals surface area contributed by atoms with E-state index in [4.69, 9.17) is 11.6 Å². The fraction of sp³-hybridized carbons (Fsp3) is 0.381. The van der Waals surface area contributed by atoms with Crippen molar-refractivity contribution >= 4 is 28.5 Å². The van der Waals surface area contributed by atoms with Gasteiger partial charge in [-0.25, -0.2) is 9.37 Å². The van der Waals surface area contributed by atoms with Crippen LogP contribution in [0.25, 0.3) is 11.0 Å². The number of pyridine rings is 1. The molecule has 0 saturated heterocycles. The van der Waals surface area contributed by atoms with Crippen LogP contribution in [0.15, 0.2) is 36.5 Å². The number of hydrogen-bond donors (Lipinski definition) is 1. The Kier molecular flexibility index (Phi) is 6.29. The number of amides is 1. The summed E-state index contributed by atoms with van der Waals surface area (Å²) in [5.74, 6) is -0.169. The number of alkyl halides is 1. The summed E-state index contributed by atoms with van der Waals surface area (Å²) >= 11 is 6.13. The molecule has 148 valence electrons. The highest BCUT2D eigenvalue weighted by molar-refractivity contribution is 6.35. The molecule has 28 heavy (non-hydrogen) atoms. The second-order valence-electron chi connectivity index (χ2n) is 6.84. The van der Waals surface area contributed by atoms with Crippen LogP contribution in [0, 0.1) is 0 Å². The summed E-state index contributed by atoms with van der Waals surface area (Å²) in [7, 11) is 0. The lowest BCUT2D eigenvalue weighted by Gasteiger charge is -2.37. The number of fused-ring (bicyclic) bond motifs is 2. The summed E-state index contributed by atoms with van der Waals surface area (Å²) in [6, 6.07) is 8.23. The quantitative estimate of drug-likeness (QED) is 0.646. The highest BCUT2D eigenvalue weighted by Gasteiger charge is 2.36.